The van der Waals surface area contributed by atoms with Crippen LogP contribution in [-0.2, 0) is 7.05 Å². The van der Waals surface area contributed by atoms with E-state index in [1.165, 1.54) is 0 Å². The van der Waals surface area contributed by atoms with E-state index in [2.05, 4.69) is 46.7 Å². The molecule has 2 N–H and O–H groups in total. The monoisotopic (exact) mass is 469 g/mol. The second kappa shape index (κ2) is 9.41. The van der Waals surface area contributed by atoms with Gasteiger partial charge in [-0.1, -0.05) is 31.6 Å². The third kappa shape index (κ3) is 5.45. The van der Waals surface area contributed by atoms with Gasteiger partial charge in [0.25, 0.3) is 5.91 Å². The second-order valence-electron chi connectivity index (χ2n) is 8.91. The van der Waals surface area contributed by atoms with E-state index in [4.69, 9.17) is 9.72 Å². The van der Waals surface area contributed by atoms with Crippen LogP contribution < -0.4 is 15.4 Å². The molecule has 0 aliphatic rings. The number of aryl methyl sites for hydroxylation is 1. The normalized spacial score (nSPS) is 11.0. The largest absolute Gasteiger partial charge is 0.457 e. The summed E-state index contributed by atoms with van der Waals surface area (Å²) in [7, 11) is 2.09. The molecule has 4 aromatic rings. The van der Waals surface area contributed by atoms with Gasteiger partial charge in [-0.05, 0) is 36.4 Å². The van der Waals surface area contributed by atoms with Crippen LogP contribution in [0.4, 0.5) is 11.6 Å². The van der Waals surface area contributed by atoms with Crippen LogP contribution in [0, 0.1) is 11.5 Å². The van der Waals surface area contributed by atoms with Crippen molar-refractivity contribution in [2.75, 3.05) is 12.4 Å². The predicted octanol–water partition coefficient (Wildman–Crippen LogP) is 5.09. The molecule has 4 rings (SSSR count). The maximum atomic E-state index is 11.8. The van der Waals surface area contributed by atoms with Gasteiger partial charge in [-0.25, -0.2) is 4.98 Å². The van der Waals surface area contributed by atoms with Crippen LogP contribution >= 0.6 is 0 Å². The highest BCUT2D eigenvalue weighted by molar-refractivity contribution is 6.83. The summed E-state index contributed by atoms with van der Waals surface area (Å²) in [6, 6.07) is 17.1. The minimum absolute atomic E-state index is 0.267. The Morgan fingerprint density at radius 1 is 1.06 bits per heavy atom. The molecule has 0 saturated carbocycles. The van der Waals surface area contributed by atoms with E-state index in [0.29, 0.717) is 23.1 Å². The number of fused-ring (bicyclic) bond motifs is 1. The Balaban J connectivity index is 1.57. The van der Waals surface area contributed by atoms with Crippen molar-refractivity contribution in [1.82, 2.24) is 19.9 Å². The molecule has 0 fully saturated rings. The molecule has 0 aliphatic carbocycles. The molecule has 2 aromatic heterocycles. The lowest BCUT2D eigenvalue weighted by Crippen LogP contribution is -2.18. The van der Waals surface area contributed by atoms with Gasteiger partial charge in [0, 0.05) is 43.7 Å². The molecule has 0 aliphatic heterocycles. The van der Waals surface area contributed by atoms with Crippen molar-refractivity contribution >= 4 is 36.7 Å². The topological polar surface area (TPSA) is 81.1 Å². The molecule has 0 unspecified atom stereocenters. The van der Waals surface area contributed by atoms with Crippen LogP contribution in [0.25, 0.3) is 11.0 Å². The Bertz CT molecular complexity index is 1430. The van der Waals surface area contributed by atoms with Gasteiger partial charge >= 0.3 is 0 Å². The Labute approximate surface area is 200 Å². The number of carbonyl (C=O) groups excluding carboxylic acids is 1. The molecular weight excluding hydrogens is 442 g/mol. The molecule has 0 bridgehead atoms. The molecule has 34 heavy (non-hydrogen) atoms. The smallest absolute Gasteiger partial charge is 0.269 e. The zero-order valence-corrected chi connectivity index (χ0v) is 20.9. The predicted molar refractivity (Wildman–Crippen MR) is 138 cm³/mol. The van der Waals surface area contributed by atoms with Gasteiger partial charge in [-0.15, -0.1) is 5.54 Å². The number of carbonyl (C=O) groups is 1. The van der Waals surface area contributed by atoms with Gasteiger partial charge in [-0.3, -0.25) is 9.78 Å². The Morgan fingerprint density at radius 3 is 2.62 bits per heavy atom. The molecule has 0 atom stereocenters. The highest BCUT2D eigenvalue weighted by Gasteiger charge is 2.12. The lowest BCUT2D eigenvalue weighted by Gasteiger charge is -2.08. The number of imidazole rings is 1. The van der Waals surface area contributed by atoms with Gasteiger partial charge in [0.1, 0.15) is 25.3 Å². The fourth-order valence-electron chi connectivity index (χ4n) is 3.28. The third-order valence-corrected chi connectivity index (χ3v) is 5.85. The van der Waals surface area contributed by atoms with Crippen molar-refractivity contribution in [2.45, 2.75) is 19.6 Å². The summed E-state index contributed by atoms with van der Waals surface area (Å²) in [5, 5.41) is 5.96. The first-order valence-corrected chi connectivity index (χ1v) is 14.4. The number of nitrogens with one attached hydrogen (secondary N) is 2. The van der Waals surface area contributed by atoms with Crippen LogP contribution in [0.3, 0.4) is 0 Å². The number of ether oxygens (including phenoxy) is 1. The van der Waals surface area contributed by atoms with Gasteiger partial charge in [0.15, 0.2) is 0 Å². The van der Waals surface area contributed by atoms with Gasteiger partial charge in [-0.2, -0.15) is 0 Å². The van der Waals surface area contributed by atoms with Crippen LogP contribution in [-0.4, -0.2) is 35.6 Å². The van der Waals surface area contributed by atoms with Crippen molar-refractivity contribution in [1.29, 1.82) is 0 Å². The van der Waals surface area contributed by atoms with E-state index in [0.717, 1.165) is 22.3 Å². The number of benzene rings is 2. The lowest BCUT2D eigenvalue weighted by atomic mass is 10.2. The minimum Gasteiger partial charge on any atom is -0.457 e. The van der Waals surface area contributed by atoms with E-state index in [1.54, 1.807) is 25.4 Å². The molecule has 8 heteroatoms. The average molecular weight is 470 g/mol. The first-order valence-electron chi connectivity index (χ1n) is 10.9. The molecule has 2 aromatic carbocycles. The van der Waals surface area contributed by atoms with E-state index in [-0.39, 0.29) is 5.91 Å². The number of hydrogen-bond donors (Lipinski definition) is 2. The Morgan fingerprint density at radius 2 is 1.85 bits per heavy atom. The van der Waals surface area contributed by atoms with Gasteiger partial charge < -0.3 is 19.9 Å². The summed E-state index contributed by atoms with van der Waals surface area (Å²) in [6.07, 6.45) is 1.55. The summed E-state index contributed by atoms with van der Waals surface area (Å²) >= 11 is 0. The van der Waals surface area contributed by atoms with E-state index in [1.807, 2.05) is 54.1 Å². The summed E-state index contributed by atoms with van der Waals surface area (Å²) in [5.41, 5.74) is 7.36. The standard InChI is InChI=1S/C26H27N5O2Si/c1-27-25(32)23-17-21(11-13-28-23)33-20-9-10-24-22(16-20)30-26(31(24)2)29-19-8-6-7-18(15-19)12-14-34(3,4)5/h6-11,13,15-17H,1-5H3,(H,27,32)(H,29,30). The number of amides is 1. The maximum absolute atomic E-state index is 11.8. The van der Waals surface area contributed by atoms with Crippen LogP contribution in [0.5, 0.6) is 11.5 Å². The molecule has 0 saturated heterocycles. The maximum Gasteiger partial charge on any atom is 0.269 e. The lowest BCUT2D eigenvalue weighted by molar-refractivity contribution is 0.0958. The Hall–Kier alpha value is -4.09. The number of nitrogens with zero attached hydrogens (tertiary/aromatic N) is 3. The van der Waals surface area contributed by atoms with Gasteiger partial charge in [0.2, 0.25) is 5.95 Å². The zero-order valence-electron chi connectivity index (χ0n) is 19.9. The van der Waals surface area contributed by atoms with E-state index >= 15 is 0 Å². The molecule has 7 nitrogen and oxygen atoms in total. The number of hydrogen-bond acceptors (Lipinski definition) is 5. The number of pyridine rings is 1. The highest BCUT2D eigenvalue weighted by atomic mass is 28.3. The van der Waals surface area contributed by atoms with E-state index < -0.39 is 8.07 Å². The first kappa shape index (κ1) is 23.1. The SMILES string of the molecule is CNC(=O)c1cc(Oc2ccc3c(c2)nc(Nc2cccc(C#C[Si](C)(C)C)c2)n3C)ccn1. The van der Waals surface area contributed by atoms with Crippen LogP contribution in [0.2, 0.25) is 19.6 Å². The number of rotatable bonds is 5. The molecule has 1 amide bonds. The number of anilines is 2. The summed E-state index contributed by atoms with van der Waals surface area (Å²) in [5.74, 6) is 4.89. The van der Waals surface area contributed by atoms with Crippen molar-refractivity contribution in [2.24, 2.45) is 7.05 Å². The minimum atomic E-state index is -1.44. The van der Waals surface area contributed by atoms with Crippen LogP contribution in [0.15, 0.2) is 60.8 Å². The second-order valence-corrected chi connectivity index (χ2v) is 13.7. The zero-order chi connectivity index (χ0) is 24.3. The van der Waals surface area contributed by atoms with Crippen molar-refractivity contribution in [3.05, 3.63) is 72.1 Å². The summed E-state index contributed by atoms with van der Waals surface area (Å²) in [4.78, 5) is 20.6. The van der Waals surface area contributed by atoms with Crippen molar-refractivity contribution in [3.63, 3.8) is 0 Å². The van der Waals surface area contributed by atoms with E-state index in [9.17, 15) is 4.79 Å². The third-order valence-electron chi connectivity index (χ3n) is 4.98. The molecule has 172 valence electrons. The molecular formula is C26H27N5O2Si. The van der Waals surface area contributed by atoms with Crippen molar-refractivity contribution in [3.8, 4) is 23.0 Å². The first-order chi connectivity index (χ1) is 16.2. The van der Waals surface area contributed by atoms with Gasteiger partial charge in [0.05, 0.1) is 11.0 Å². The summed E-state index contributed by atoms with van der Waals surface area (Å²) in [6.45, 7) is 6.69. The fourth-order valence-corrected chi connectivity index (χ4v) is 3.80. The van der Waals surface area contributed by atoms with Crippen LogP contribution in [0.1, 0.15) is 16.1 Å². The number of aromatic nitrogens is 3. The molecule has 2 heterocycles. The Kier molecular flexibility index (Phi) is 6.39. The summed E-state index contributed by atoms with van der Waals surface area (Å²) < 4.78 is 7.95. The van der Waals surface area contributed by atoms with Crippen molar-refractivity contribution < 1.29 is 9.53 Å². The molecule has 0 radical (unpaired) electrons. The molecule has 0 spiro atoms. The quantitative estimate of drug-likeness (QED) is 0.314. The fraction of sp³-hybridized carbons (Fsp3) is 0.192. The highest BCUT2D eigenvalue weighted by Crippen LogP contribution is 2.28. The average Bonchev–Trinajstić information content (AvgIpc) is 3.11.